The van der Waals surface area contributed by atoms with Gasteiger partial charge in [-0.1, -0.05) is 48.5 Å². The van der Waals surface area contributed by atoms with Crippen molar-refractivity contribution in [1.29, 1.82) is 0 Å². The van der Waals surface area contributed by atoms with E-state index >= 15 is 4.39 Å². The highest BCUT2D eigenvalue weighted by Crippen LogP contribution is 2.37. The Morgan fingerprint density at radius 2 is 1.64 bits per heavy atom. The van der Waals surface area contributed by atoms with Crippen LogP contribution in [0.4, 0.5) is 4.39 Å². The van der Waals surface area contributed by atoms with Crippen molar-refractivity contribution in [3.05, 3.63) is 66.2 Å². The first-order chi connectivity index (χ1) is 10.5. The number of ether oxygens (including phenoxy) is 1. The molecular formula is C16H15FO4S. The third kappa shape index (κ3) is 2.93. The van der Waals surface area contributed by atoms with Gasteiger partial charge in [0.15, 0.2) is 0 Å². The van der Waals surface area contributed by atoms with Crippen LogP contribution in [0, 0.1) is 0 Å². The molecule has 0 aliphatic heterocycles. The molecule has 0 heterocycles. The topological polar surface area (TPSA) is 63.6 Å². The second kappa shape index (κ2) is 6.81. The summed E-state index contributed by atoms with van der Waals surface area (Å²) in [5, 5.41) is 7.20. The van der Waals surface area contributed by atoms with Gasteiger partial charge in [-0.05, 0) is 17.7 Å². The highest BCUT2D eigenvalue weighted by molar-refractivity contribution is 7.87. The molecule has 116 valence electrons. The summed E-state index contributed by atoms with van der Waals surface area (Å²) in [6.45, 7) is 0. The summed E-state index contributed by atoms with van der Waals surface area (Å²) in [7, 11) is -1.46. The van der Waals surface area contributed by atoms with E-state index in [9.17, 15) is 14.1 Å². The Bertz CT molecular complexity index is 662. The third-order valence-corrected chi connectivity index (χ3v) is 4.79. The monoisotopic (exact) mass is 322 g/mol. The number of alkyl halides is 1. The molecule has 0 aliphatic rings. The largest absolute Gasteiger partial charge is 0.466 e. The Balaban J connectivity index is 2.49. The molecule has 2 rings (SSSR count). The number of benzene rings is 2. The summed E-state index contributed by atoms with van der Waals surface area (Å²) in [6.07, 6.45) is -1.91. The van der Waals surface area contributed by atoms with Gasteiger partial charge >= 0.3 is 11.0 Å². The number of hydrogen-bond acceptors (Lipinski definition) is 4. The Labute approximate surface area is 130 Å². The van der Waals surface area contributed by atoms with E-state index in [-0.39, 0.29) is 10.5 Å². The molecule has 4 nitrogen and oxygen atoms in total. The van der Waals surface area contributed by atoms with E-state index < -0.39 is 27.9 Å². The second-order valence-corrected chi connectivity index (χ2v) is 6.13. The summed E-state index contributed by atoms with van der Waals surface area (Å²) in [5.41, 5.74) is 0.139. The van der Waals surface area contributed by atoms with Gasteiger partial charge in [-0.3, -0.25) is 4.21 Å². The second-order valence-electron chi connectivity index (χ2n) is 4.53. The fourth-order valence-corrected chi connectivity index (χ4v) is 3.31. The fourth-order valence-electron chi connectivity index (χ4n) is 1.99. The fraction of sp³-hybridized carbons (Fsp3) is 0.188. The van der Waals surface area contributed by atoms with Crippen molar-refractivity contribution in [2.24, 2.45) is 0 Å². The number of carbonyl (C=O) groups is 1. The van der Waals surface area contributed by atoms with Crippen LogP contribution in [0.25, 0.3) is 0 Å². The van der Waals surface area contributed by atoms with E-state index in [0.717, 1.165) is 7.11 Å². The van der Waals surface area contributed by atoms with Gasteiger partial charge in [0.1, 0.15) is 16.9 Å². The molecule has 0 radical (unpaired) electrons. The molecule has 0 fully saturated rings. The van der Waals surface area contributed by atoms with E-state index in [1.807, 2.05) is 0 Å². The molecule has 22 heavy (non-hydrogen) atoms. The van der Waals surface area contributed by atoms with Crippen LogP contribution in [0.3, 0.4) is 0 Å². The first kappa shape index (κ1) is 16.3. The molecular weight excluding hydrogens is 307 g/mol. The molecule has 0 aliphatic carbocycles. The standard InChI is InChI=1S/C16H15FO4S/c1-21-15(19)16(17,14(18)12-8-4-2-5-9-12)22(20)13-10-6-3-7-11-13/h2-11,14,18H,1H3/t14-,16-,22?/m0/s1. The number of aliphatic hydroxyl groups is 1. The average molecular weight is 322 g/mol. The summed E-state index contributed by atoms with van der Waals surface area (Å²) < 4.78 is 32.3. The maximum absolute atomic E-state index is 15.3. The zero-order chi connectivity index (χ0) is 16.2. The van der Waals surface area contributed by atoms with Gasteiger partial charge in [-0.25, -0.2) is 9.18 Å². The van der Waals surface area contributed by atoms with Gasteiger partial charge in [-0.2, -0.15) is 0 Å². The van der Waals surface area contributed by atoms with E-state index in [1.165, 1.54) is 24.3 Å². The Kier molecular flexibility index (Phi) is 5.05. The number of halogens is 1. The summed E-state index contributed by atoms with van der Waals surface area (Å²) >= 11 is 0. The van der Waals surface area contributed by atoms with Crippen LogP contribution in [0.5, 0.6) is 0 Å². The highest BCUT2D eigenvalue weighted by atomic mass is 32.2. The van der Waals surface area contributed by atoms with Crippen LogP contribution < -0.4 is 0 Å². The molecule has 0 amide bonds. The summed E-state index contributed by atoms with van der Waals surface area (Å²) in [6, 6.07) is 15.4. The van der Waals surface area contributed by atoms with Crippen molar-refractivity contribution in [3.63, 3.8) is 0 Å². The highest BCUT2D eigenvalue weighted by Gasteiger charge is 2.54. The summed E-state index contributed by atoms with van der Waals surface area (Å²) in [5.74, 6) is -1.38. The van der Waals surface area contributed by atoms with Crippen LogP contribution in [0.2, 0.25) is 0 Å². The molecule has 0 aromatic heterocycles. The van der Waals surface area contributed by atoms with Crippen molar-refractivity contribution >= 4 is 16.8 Å². The zero-order valence-corrected chi connectivity index (χ0v) is 12.6. The quantitative estimate of drug-likeness (QED) is 0.859. The first-order valence-corrected chi connectivity index (χ1v) is 7.64. The minimum atomic E-state index is -3.10. The number of esters is 1. The minimum absolute atomic E-state index is 0.0883. The summed E-state index contributed by atoms with van der Waals surface area (Å²) in [4.78, 5) is 12.0. The van der Waals surface area contributed by atoms with Crippen molar-refractivity contribution in [2.45, 2.75) is 16.0 Å². The number of aliphatic hydroxyl groups excluding tert-OH is 1. The van der Waals surface area contributed by atoms with Crippen LogP contribution in [0.1, 0.15) is 11.7 Å². The van der Waals surface area contributed by atoms with Crippen LogP contribution in [-0.4, -0.2) is 27.4 Å². The van der Waals surface area contributed by atoms with Gasteiger partial charge in [0, 0.05) is 4.90 Å². The number of methoxy groups -OCH3 is 1. The van der Waals surface area contributed by atoms with Crippen molar-refractivity contribution < 1.29 is 23.2 Å². The van der Waals surface area contributed by atoms with E-state index in [4.69, 9.17) is 0 Å². The predicted molar refractivity (Wildman–Crippen MR) is 80.1 cm³/mol. The van der Waals surface area contributed by atoms with Crippen LogP contribution in [0.15, 0.2) is 65.6 Å². The first-order valence-electron chi connectivity index (χ1n) is 6.49. The molecule has 0 saturated carbocycles. The molecule has 1 unspecified atom stereocenters. The number of carbonyl (C=O) groups excluding carboxylic acids is 1. The Hall–Kier alpha value is -2.05. The van der Waals surface area contributed by atoms with Gasteiger partial charge in [0.05, 0.1) is 7.11 Å². The maximum atomic E-state index is 15.3. The van der Waals surface area contributed by atoms with Gasteiger partial charge in [-0.15, -0.1) is 0 Å². The van der Waals surface area contributed by atoms with Gasteiger partial charge < -0.3 is 9.84 Å². The van der Waals surface area contributed by atoms with E-state index in [0.29, 0.717) is 0 Å². The molecule has 6 heteroatoms. The lowest BCUT2D eigenvalue weighted by Gasteiger charge is -2.27. The lowest BCUT2D eigenvalue weighted by Crippen LogP contribution is -2.45. The zero-order valence-electron chi connectivity index (χ0n) is 11.8. The SMILES string of the molecule is COC(=O)[C@](F)([C@@H](O)c1ccccc1)S(=O)c1ccccc1. The third-order valence-electron chi connectivity index (χ3n) is 3.16. The normalized spacial score (nSPS) is 16.3. The molecule has 3 atom stereocenters. The van der Waals surface area contributed by atoms with E-state index in [2.05, 4.69) is 4.74 Å². The Morgan fingerprint density at radius 3 is 2.14 bits per heavy atom. The van der Waals surface area contributed by atoms with Crippen molar-refractivity contribution in [1.82, 2.24) is 0 Å². The lowest BCUT2D eigenvalue weighted by molar-refractivity contribution is -0.154. The molecule has 2 aromatic carbocycles. The van der Waals surface area contributed by atoms with Crippen molar-refractivity contribution in [2.75, 3.05) is 7.11 Å². The number of hydrogen-bond donors (Lipinski definition) is 1. The molecule has 0 bridgehead atoms. The lowest BCUT2D eigenvalue weighted by atomic mass is 10.1. The number of rotatable bonds is 5. The van der Waals surface area contributed by atoms with E-state index in [1.54, 1.807) is 36.4 Å². The minimum Gasteiger partial charge on any atom is -0.466 e. The van der Waals surface area contributed by atoms with Crippen molar-refractivity contribution in [3.8, 4) is 0 Å². The van der Waals surface area contributed by atoms with Crippen LogP contribution >= 0.6 is 0 Å². The smallest absolute Gasteiger partial charge is 0.360 e. The van der Waals surface area contributed by atoms with Crippen LogP contribution in [-0.2, 0) is 20.3 Å². The molecule has 0 saturated heterocycles. The molecule has 2 aromatic rings. The maximum Gasteiger partial charge on any atom is 0.360 e. The Morgan fingerprint density at radius 1 is 1.14 bits per heavy atom. The van der Waals surface area contributed by atoms with Gasteiger partial charge in [0.25, 0.3) is 0 Å². The molecule has 1 N–H and O–H groups in total. The average Bonchev–Trinajstić information content (AvgIpc) is 2.60. The molecule has 0 spiro atoms. The van der Waals surface area contributed by atoms with Gasteiger partial charge in [0.2, 0.25) is 0 Å². The predicted octanol–water partition coefficient (Wildman–Crippen LogP) is 2.37.